The summed E-state index contributed by atoms with van der Waals surface area (Å²) in [5.41, 5.74) is 1.51. The number of rotatable bonds is 2. The average molecular weight is 350 g/mol. The highest BCUT2D eigenvalue weighted by molar-refractivity contribution is 5.39. The van der Waals surface area contributed by atoms with E-state index in [2.05, 4.69) is 48.5 Å². The largest absolute Gasteiger partial charge is 0.355 e. The van der Waals surface area contributed by atoms with Gasteiger partial charge in [-0.3, -0.25) is 0 Å². The van der Waals surface area contributed by atoms with Crippen LogP contribution in [0.2, 0.25) is 0 Å². The maximum Gasteiger partial charge on any atom is 0.234 e. The van der Waals surface area contributed by atoms with E-state index in [9.17, 15) is 0 Å². The second-order valence-electron chi connectivity index (χ2n) is 7.76. The summed E-state index contributed by atoms with van der Waals surface area (Å²) in [6.07, 6.45) is 2.97. The molecule has 4 aliphatic rings. The van der Waals surface area contributed by atoms with Gasteiger partial charge in [-0.25, -0.2) is 0 Å². The summed E-state index contributed by atoms with van der Waals surface area (Å²) in [6, 6.07) is 20.8. The molecule has 0 unspecified atom stereocenters. The van der Waals surface area contributed by atoms with Crippen LogP contribution in [0.5, 0.6) is 0 Å². The van der Waals surface area contributed by atoms with Crippen LogP contribution in [-0.4, -0.2) is 30.2 Å². The predicted octanol–water partition coefficient (Wildman–Crippen LogP) is 3.93. The van der Waals surface area contributed by atoms with E-state index in [4.69, 9.17) is 18.9 Å². The van der Waals surface area contributed by atoms with Crippen molar-refractivity contribution in [2.75, 3.05) is 13.2 Å². The molecule has 1 saturated carbocycles. The first-order valence-corrected chi connectivity index (χ1v) is 9.55. The van der Waals surface area contributed by atoms with Crippen molar-refractivity contribution in [3.05, 3.63) is 71.8 Å². The first kappa shape index (κ1) is 15.3. The molecular formula is C22H22O4. The Labute approximate surface area is 153 Å². The molecule has 0 bridgehead atoms. The summed E-state index contributed by atoms with van der Waals surface area (Å²) in [5.74, 6) is -0.806. The lowest BCUT2D eigenvalue weighted by atomic mass is 9.70. The number of epoxide rings is 2. The number of hydrogen-bond donors (Lipinski definition) is 0. The molecule has 4 heteroatoms. The summed E-state index contributed by atoms with van der Waals surface area (Å²) in [5, 5.41) is 0. The van der Waals surface area contributed by atoms with Crippen LogP contribution in [0.4, 0.5) is 0 Å². The number of ether oxygens (including phenoxy) is 4. The molecule has 0 N–H and O–H groups in total. The standard InChI is InChI=1S/C22H22O4/c1-3-8-16(9-4-1)18-20(25-18)12-7-13-21(22(20)23-14-15-24-22)19(26-21)17-10-5-2-6-11-17/h1-6,8-11,18-19H,7,12-15H2/t18-,19+,20+,21-. The molecule has 1 aliphatic carbocycles. The van der Waals surface area contributed by atoms with Crippen LogP contribution in [0.15, 0.2) is 60.7 Å². The van der Waals surface area contributed by atoms with Crippen LogP contribution in [0.3, 0.4) is 0 Å². The molecule has 4 nitrogen and oxygen atoms in total. The first-order valence-electron chi connectivity index (χ1n) is 9.55. The molecule has 3 saturated heterocycles. The monoisotopic (exact) mass is 350 g/mol. The minimum absolute atomic E-state index is 0.0135. The van der Waals surface area contributed by atoms with E-state index in [-0.39, 0.29) is 12.2 Å². The van der Waals surface area contributed by atoms with Gasteiger partial charge < -0.3 is 18.9 Å². The number of fused-ring (bicyclic) bond motifs is 2. The Morgan fingerprint density at radius 2 is 1.12 bits per heavy atom. The van der Waals surface area contributed by atoms with Crippen LogP contribution in [0, 0.1) is 0 Å². The Morgan fingerprint density at radius 3 is 1.58 bits per heavy atom. The van der Waals surface area contributed by atoms with Crippen LogP contribution in [-0.2, 0) is 18.9 Å². The molecular weight excluding hydrogens is 328 g/mol. The third-order valence-corrected chi connectivity index (χ3v) is 6.50. The minimum atomic E-state index is -0.806. The Kier molecular flexibility index (Phi) is 3.05. The van der Waals surface area contributed by atoms with Crippen molar-refractivity contribution in [1.29, 1.82) is 0 Å². The molecule has 4 fully saturated rings. The quantitative estimate of drug-likeness (QED) is 0.770. The fourth-order valence-electron chi connectivity index (χ4n) is 5.37. The molecule has 26 heavy (non-hydrogen) atoms. The molecule has 3 aliphatic heterocycles. The highest BCUT2D eigenvalue weighted by atomic mass is 16.8. The normalized spacial score (nSPS) is 39.5. The molecule has 2 aromatic rings. The molecule has 4 atom stereocenters. The van der Waals surface area contributed by atoms with E-state index in [0.29, 0.717) is 13.2 Å². The number of hydrogen-bond acceptors (Lipinski definition) is 4. The van der Waals surface area contributed by atoms with E-state index in [1.807, 2.05) is 12.1 Å². The zero-order valence-electron chi connectivity index (χ0n) is 14.6. The SMILES string of the molecule is c1ccc([C@H]2O[C@@]23CCC[C@]2(O[C@H]2c2ccccc2)C32OCCO2)cc1. The topological polar surface area (TPSA) is 43.5 Å². The van der Waals surface area contributed by atoms with Gasteiger partial charge >= 0.3 is 0 Å². The maximum atomic E-state index is 6.40. The summed E-state index contributed by atoms with van der Waals surface area (Å²) in [6.45, 7) is 1.19. The number of benzene rings is 2. The molecule has 2 aromatic carbocycles. The van der Waals surface area contributed by atoms with Crippen molar-refractivity contribution >= 4 is 0 Å². The summed E-state index contributed by atoms with van der Waals surface area (Å²) >= 11 is 0. The van der Waals surface area contributed by atoms with Crippen LogP contribution in [0.25, 0.3) is 0 Å². The van der Waals surface area contributed by atoms with Gasteiger partial charge in [-0.2, -0.15) is 0 Å². The molecule has 3 spiro atoms. The van der Waals surface area contributed by atoms with Gasteiger partial charge in [0.05, 0.1) is 13.2 Å². The smallest absolute Gasteiger partial charge is 0.234 e. The van der Waals surface area contributed by atoms with Crippen LogP contribution >= 0.6 is 0 Å². The summed E-state index contributed by atoms with van der Waals surface area (Å²) in [4.78, 5) is 0. The zero-order valence-corrected chi connectivity index (χ0v) is 14.6. The lowest BCUT2D eigenvalue weighted by molar-refractivity contribution is -0.258. The molecule has 0 aromatic heterocycles. The van der Waals surface area contributed by atoms with Gasteiger partial charge in [-0.05, 0) is 30.4 Å². The fraction of sp³-hybridized carbons (Fsp3) is 0.455. The van der Waals surface area contributed by atoms with Gasteiger partial charge in [0.15, 0.2) is 11.2 Å². The Hall–Kier alpha value is -1.72. The van der Waals surface area contributed by atoms with Crippen molar-refractivity contribution in [3.8, 4) is 0 Å². The molecule has 0 amide bonds. The summed E-state index contributed by atoms with van der Waals surface area (Å²) in [7, 11) is 0. The van der Waals surface area contributed by atoms with Crippen molar-refractivity contribution in [1.82, 2.24) is 0 Å². The van der Waals surface area contributed by atoms with Gasteiger partial charge in [0, 0.05) is 0 Å². The van der Waals surface area contributed by atoms with Crippen molar-refractivity contribution < 1.29 is 18.9 Å². The van der Waals surface area contributed by atoms with E-state index in [0.717, 1.165) is 19.3 Å². The van der Waals surface area contributed by atoms with Gasteiger partial charge in [0.1, 0.15) is 12.2 Å². The molecule has 6 rings (SSSR count). The Bertz CT molecular complexity index is 753. The van der Waals surface area contributed by atoms with E-state index >= 15 is 0 Å². The van der Waals surface area contributed by atoms with E-state index in [1.54, 1.807) is 0 Å². The lowest BCUT2D eigenvalue weighted by Crippen LogP contribution is -2.61. The van der Waals surface area contributed by atoms with E-state index in [1.165, 1.54) is 11.1 Å². The highest BCUT2D eigenvalue weighted by Gasteiger charge is 2.87. The molecule has 134 valence electrons. The van der Waals surface area contributed by atoms with Crippen molar-refractivity contribution in [2.24, 2.45) is 0 Å². The zero-order chi connectivity index (χ0) is 17.2. The first-order chi connectivity index (χ1) is 12.8. The Morgan fingerprint density at radius 1 is 0.654 bits per heavy atom. The van der Waals surface area contributed by atoms with Crippen molar-refractivity contribution in [3.63, 3.8) is 0 Å². The van der Waals surface area contributed by atoms with Crippen LogP contribution in [0.1, 0.15) is 42.6 Å². The van der Waals surface area contributed by atoms with Gasteiger partial charge in [-0.1, -0.05) is 60.7 Å². The van der Waals surface area contributed by atoms with Gasteiger partial charge in [-0.15, -0.1) is 0 Å². The third kappa shape index (κ3) is 1.78. The molecule has 0 radical (unpaired) electrons. The molecule has 3 heterocycles. The average Bonchev–Trinajstić information content (AvgIpc) is 3.56. The van der Waals surface area contributed by atoms with Crippen LogP contribution < -0.4 is 0 Å². The lowest BCUT2D eigenvalue weighted by Gasteiger charge is -2.43. The van der Waals surface area contributed by atoms with Crippen molar-refractivity contribution in [2.45, 2.75) is 48.5 Å². The highest BCUT2D eigenvalue weighted by Crippen LogP contribution is 2.74. The summed E-state index contributed by atoms with van der Waals surface area (Å²) < 4.78 is 25.5. The second-order valence-corrected chi connectivity index (χ2v) is 7.76. The minimum Gasteiger partial charge on any atom is -0.355 e. The predicted molar refractivity (Wildman–Crippen MR) is 94.5 cm³/mol. The third-order valence-electron chi connectivity index (χ3n) is 6.50. The Balaban J connectivity index is 1.41. The maximum absolute atomic E-state index is 6.40. The fourth-order valence-corrected chi connectivity index (χ4v) is 5.37. The van der Waals surface area contributed by atoms with Gasteiger partial charge in [0.2, 0.25) is 5.79 Å². The second kappa shape index (κ2) is 5.17. The van der Waals surface area contributed by atoms with E-state index < -0.39 is 17.0 Å². The van der Waals surface area contributed by atoms with Gasteiger partial charge in [0.25, 0.3) is 0 Å².